The van der Waals surface area contributed by atoms with E-state index in [2.05, 4.69) is 29.5 Å². The minimum absolute atomic E-state index is 0.221. The monoisotopic (exact) mass is 336 g/mol. The van der Waals surface area contributed by atoms with Crippen LogP contribution in [0.2, 0.25) is 4.68 Å². The van der Waals surface area contributed by atoms with Crippen molar-refractivity contribution in [1.82, 2.24) is 0 Å². The van der Waals surface area contributed by atoms with E-state index in [-0.39, 0.29) is 22.9 Å². The normalized spacial score (nSPS) is 13.1. The summed E-state index contributed by atoms with van der Waals surface area (Å²) in [5.74, 6) is 0.556. The first kappa shape index (κ1) is 11.4. The summed E-state index contributed by atoms with van der Waals surface area (Å²) < 4.78 is 4.14. The van der Waals surface area contributed by atoms with Crippen molar-refractivity contribution in [3.8, 4) is 0 Å². The summed E-state index contributed by atoms with van der Waals surface area (Å²) in [6.45, 7) is 3.35. The summed E-state index contributed by atoms with van der Waals surface area (Å²) in [5.41, 5.74) is 0. The standard InChI is InChI=1S/C5H5.C3H5Cl.CH3.Hf/c1-2-4-5-3-1;1-2-3-4;;/h1-3H,4H2;2H,1,3H2;1H3;. The van der Waals surface area contributed by atoms with Gasteiger partial charge in [-0.15, -0.1) is 18.2 Å². The van der Waals surface area contributed by atoms with Gasteiger partial charge in [0.15, 0.2) is 0 Å². The third kappa shape index (κ3) is 6.77. The first-order valence-electron chi connectivity index (χ1n) is 3.55. The van der Waals surface area contributed by atoms with E-state index in [9.17, 15) is 0 Å². The summed E-state index contributed by atoms with van der Waals surface area (Å²) in [5, 5.41) is 0. The van der Waals surface area contributed by atoms with Gasteiger partial charge < -0.3 is 0 Å². The van der Waals surface area contributed by atoms with Crippen LogP contribution in [0.15, 0.2) is 34.2 Å². The first-order chi connectivity index (χ1) is 5.35. The predicted octanol–water partition coefficient (Wildman–Crippen LogP) is 3.37. The number of halogens is 1. The van der Waals surface area contributed by atoms with E-state index in [1.807, 2.05) is 0 Å². The summed E-state index contributed by atoms with van der Waals surface area (Å²) >= 11 is 4.85. The number of allylic oxidation sites excluding steroid dienone is 5. The van der Waals surface area contributed by atoms with Crippen LogP contribution >= 0.6 is 11.6 Å². The molecule has 11 heavy (non-hydrogen) atoms. The predicted molar refractivity (Wildman–Crippen MR) is 48.6 cm³/mol. The van der Waals surface area contributed by atoms with Crippen LogP contribution in [0.1, 0.15) is 6.42 Å². The minimum atomic E-state index is -0.221. The first-order valence-corrected chi connectivity index (χ1v) is 9.47. The van der Waals surface area contributed by atoms with Crippen molar-refractivity contribution < 1.29 is 22.9 Å². The topological polar surface area (TPSA) is 0 Å². The molecule has 0 aromatic rings. The Morgan fingerprint density at radius 3 is 2.64 bits per heavy atom. The second kappa shape index (κ2) is 8.48. The van der Waals surface area contributed by atoms with Crippen molar-refractivity contribution >= 4 is 11.6 Å². The van der Waals surface area contributed by atoms with Crippen LogP contribution < -0.4 is 0 Å². The fraction of sp³-hybridized carbons (Fsp3) is 0.333. The van der Waals surface area contributed by atoms with Gasteiger partial charge in [0.25, 0.3) is 0 Å². The van der Waals surface area contributed by atoms with Crippen LogP contribution in [0.25, 0.3) is 0 Å². The quantitative estimate of drug-likeness (QED) is 0.412. The molecule has 0 bridgehead atoms. The van der Waals surface area contributed by atoms with Crippen LogP contribution in [0, 0.1) is 0 Å². The molecular weight excluding hydrogens is 322 g/mol. The molecular formula is C9H13ClHf. The van der Waals surface area contributed by atoms with Gasteiger partial charge in [-0.1, -0.05) is 6.08 Å². The van der Waals surface area contributed by atoms with Gasteiger partial charge in [-0.25, -0.2) is 0 Å². The zero-order valence-electron chi connectivity index (χ0n) is 6.81. The summed E-state index contributed by atoms with van der Waals surface area (Å²) in [4.78, 5) is 0. The van der Waals surface area contributed by atoms with E-state index >= 15 is 0 Å². The number of hydrogen-bond acceptors (Lipinski definition) is 0. The van der Waals surface area contributed by atoms with E-state index in [1.54, 1.807) is 9.41 Å². The third-order valence-electron chi connectivity index (χ3n) is 1.20. The molecule has 0 unspecified atom stereocenters. The summed E-state index contributed by atoms with van der Waals surface area (Å²) in [6, 6.07) is 0. The zero-order valence-corrected chi connectivity index (χ0v) is 11.2. The molecule has 0 aliphatic heterocycles. The van der Waals surface area contributed by atoms with Crippen LogP contribution in [-0.2, 0) is 22.9 Å². The molecule has 0 aromatic heterocycles. The Morgan fingerprint density at radius 2 is 2.45 bits per heavy atom. The van der Waals surface area contributed by atoms with Crippen LogP contribution in [0.3, 0.4) is 0 Å². The van der Waals surface area contributed by atoms with Gasteiger partial charge >= 0.3 is 55.6 Å². The Bertz CT molecular complexity index is 159. The molecule has 0 amide bonds. The van der Waals surface area contributed by atoms with Crippen molar-refractivity contribution in [3.05, 3.63) is 34.2 Å². The maximum atomic E-state index is 5.07. The molecule has 0 saturated heterocycles. The van der Waals surface area contributed by atoms with Gasteiger partial charge in [-0.3, -0.25) is 0 Å². The molecule has 0 spiro atoms. The SMILES string of the molecule is C=CCCl.[CH3][Hf][C]1=CC=CC1. The Kier molecular flexibility index (Phi) is 8.77. The molecule has 0 atom stereocenters. The van der Waals surface area contributed by atoms with Gasteiger partial charge in [0.1, 0.15) is 0 Å². The molecule has 0 saturated carbocycles. The second-order valence-electron chi connectivity index (χ2n) is 2.02. The van der Waals surface area contributed by atoms with Crippen molar-refractivity contribution in [2.45, 2.75) is 11.1 Å². The van der Waals surface area contributed by atoms with Crippen LogP contribution in [-0.4, -0.2) is 5.88 Å². The van der Waals surface area contributed by atoms with Crippen molar-refractivity contribution in [2.75, 3.05) is 5.88 Å². The van der Waals surface area contributed by atoms with Gasteiger partial charge in [0.05, 0.1) is 0 Å². The number of alkyl halides is 1. The maximum absolute atomic E-state index is 5.07. The van der Waals surface area contributed by atoms with Gasteiger partial charge in [0, 0.05) is 5.88 Å². The summed E-state index contributed by atoms with van der Waals surface area (Å²) in [6.07, 6.45) is 9.61. The molecule has 0 fully saturated rings. The average Bonchev–Trinajstić information content (AvgIpc) is 2.56. The molecule has 60 valence electrons. The van der Waals surface area contributed by atoms with Crippen molar-refractivity contribution in [3.63, 3.8) is 0 Å². The Labute approximate surface area is 85.4 Å². The molecule has 0 heterocycles. The van der Waals surface area contributed by atoms with Crippen molar-refractivity contribution in [1.29, 1.82) is 0 Å². The van der Waals surface area contributed by atoms with E-state index in [1.165, 1.54) is 6.42 Å². The van der Waals surface area contributed by atoms with Crippen LogP contribution in [0.4, 0.5) is 0 Å². The molecule has 1 rings (SSSR count). The molecule has 2 heteroatoms. The van der Waals surface area contributed by atoms with E-state index in [0.29, 0.717) is 5.88 Å². The van der Waals surface area contributed by atoms with E-state index in [4.69, 9.17) is 11.6 Å². The van der Waals surface area contributed by atoms with E-state index < -0.39 is 0 Å². The average molecular weight is 335 g/mol. The van der Waals surface area contributed by atoms with E-state index in [0.717, 1.165) is 0 Å². The second-order valence-corrected chi connectivity index (χ2v) is 6.43. The molecule has 1 aliphatic carbocycles. The molecule has 0 nitrogen and oxygen atoms in total. The number of rotatable bonds is 2. The molecule has 0 aromatic carbocycles. The van der Waals surface area contributed by atoms with Crippen LogP contribution in [0.5, 0.6) is 0 Å². The third-order valence-corrected chi connectivity index (χ3v) is 5.06. The fourth-order valence-corrected chi connectivity index (χ4v) is 2.73. The Hall–Kier alpha value is 0.380. The molecule has 0 N–H and O–H groups in total. The van der Waals surface area contributed by atoms with Gasteiger partial charge in [0.2, 0.25) is 0 Å². The Morgan fingerprint density at radius 1 is 1.82 bits per heavy atom. The van der Waals surface area contributed by atoms with Crippen molar-refractivity contribution in [2.24, 2.45) is 0 Å². The van der Waals surface area contributed by atoms with Gasteiger partial charge in [-0.2, -0.15) is 0 Å². The zero-order chi connectivity index (χ0) is 8.53. The summed E-state index contributed by atoms with van der Waals surface area (Å²) in [7, 11) is 0. The fourth-order valence-electron chi connectivity index (χ4n) is 0.633. The number of hydrogen-bond donors (Lipinski definition) is 0. The Balaban J connectivity index is 0.000000218. The molecule has 1 aliphatic rings. The van der Waals surface area contributed by atoms with Gasteiger partial charge in [-0.05, 0) is 0 Å². The molecule has 0 radical (unpaired) electrons.